The number of nitrogens with one attached hydrogen (secondary N) is 1. The van der Waals surface area contributed by atoms with Crippen molar-refractivity contribution in [3.8, 4) is 5.75 Å². The van der Waals surface area contributed by atoms with E-state index in [1.807, 2.05) is 47.4 Å². The Labute approximate surface area is 224 Å². The number of fused-ring (bicyclic) bond motifs is 1. The van der Waals surface area contributed by atoms with Gasteiger partial charge in [-0.1, -0.05) is 23.4 Å². The molecule has 1 amide bonds. The summed E-state index contributed by atoms with van der Waals surface area (Å²) in [5.41, 5.74) is 3.47. The molecule has 0 aliphatic carbocycles. The highest BCUT2D eigenvalue weighted by Gasteiger charge is 2.41. The lowest BCUT2D eigenvalue weighted by Gasteiger charge is -2.23. The molecule has 2 aliphatic rings. The molecule has 204 valence electrons. The summed E-state index contributed by atoms with van der Waals surface area (Å²) in [4.78, 5) is 40.5. The SMILES string of the molecule is COC(=O)c1nnn([C@H]2C[C@@H](C(=O)Nc3ccc4c(c3)COC4)N(Cc3ccc(OC)cc3)C2)c1C(=O)OC. The summed E-state index contributed by atoms with van der Waals surface area (Å²) in [5.74, 6) is -1.04. The highest BCUT2D eigenvalue weighted by atomic mass is 16.5. The van der Waals surface area contributed by atoms with E-state index in [9.17, 15) is 14.4 Å². The van der Waals surface area contributed by atoms with Gasteiger partial charge in [-0.2, -0.15) is 0 Å². The fourth-order valence-corrected chi connectivity index (χ4v) is 5.02. The van der Waals surface area contributed by atoms with E-state index < -0.39 is 24.0 Å². The Balaban J connectivity index is 1.43. The van der Waals surface area contributed by atoms with Gasteiger partial charge in [0.15, 0.2) is 5.69 Å². The van der Waals surface area contributed by atoms with Gasteiger partial charge >= 0.3 is 11.9 Å². The molecule has 1 fully saturated rings. The highest BCUT2D eigenvalue weighted by molar-refractivity contribution is 6.00. The Morgan fingerprint density at radius 1 is 1.00 bits per heavy atom. The number of esters is 2. The third-order valence-electron chi connectivity index (χ3n) is 7.02. The van der Waals surface area contributed by atoms with E-state index in [0.717, 1.165) is 22.4 Å². The first-order chi connectivity index (χ1) is 18.9. The molecular weight excluding hydrogens is 506 g/mol. The lowest BCUT2D eigenvalue weighted by Crippen LogP contribution is -2.39. The topological polar surface area (TPSA) is 134 Å². The van der Waals surface area contributed by atoms with Gasteiger partial charge in [-0.25, -0.2) is 14.3 Å². The molecule has 1 saturated heterocycles. The van der Waals surface area contributed by atoms with E-state index in [4.69, 9.17) is 18.9 Å². The summed E-state index contributed by atoms with van der Waals surface area (Å²) in [6, 6.07) is 12.3. The number of rotatable bonds is 8. The van der Waals surface area contributed by atoms with Crippen molar-refractivity contribution in [2.45, 2.75) is 38.3 Å². The Morgan fingerprint density at radius 3 is 2.46 bits per heavy atom. The maximum absolute atomic E-state index is 13.6. The number of methoxy groups -OCH3 is 3. The fourth-order valence-electron chi connectivity index (χ4n) is 5.02. The minimum atomic E-state index is -0.801. The first kappa shape index (κ1) is 26.3. The van der Waals surface area contributed by atoms with Crippen LogP contribution >= 0.6 is 0 Å². The van der Waals surface area contributed by atoms with Crippen LogP contribution in [0.25, 0.3) is 0 Å². The Kier molecular flexibility index (Phi) is 7.57. The number of likely N-dealkylation sites (tertiary alicyclic amines) is 1. The van der Waals surface area contributed by atoms with E-state index in [2.05, 4.69) is 15.6 Å². The van der Waals surface area contributed by atoms with Crippen LogP contribution in [0, 0.1) is 0 Å². The molecule has 3 heterocycles. The van der Waals surface area contributed by atoms with Crippen LogP contribution in [-0.2, 0) is 38.8 Å². The van der Waals surface area contributed by atoms with Crippen molar-refractivity contribution in [3.05, 3.63) is 70.5 Å². The summed E-state index contributed by atoms with van der Waals surface area (Å²) in [6.45, 7) is 1.91. The van der Waals surface area contributed by atoms with Gasteiger partial charge in [0.05, 0.1) is 46.6 Å². The van der Waals surface area contributed by atoms with Crippen molar-refractivity contribution >= 4 is 23.5 Å². The van der Waals surface area contributed by atoms with E-state index in [0.29, 0.717) is 38.4 Å². The number of carbonyl (C=O) groups excluding carboxylic acids is 3. The number of ether oxygens (including phenoxy) is 4. The number of anilines is 1. The predicted octanol–water partition coefficient (Wildman–Crippen LogP) is 2.34. The molecule has 1 N–H and O–H groups in total. The second-order valence-electron chi connectivity index (χ2n) is 9.36. The third-order valence-corrected chi connectivity index (χ3v) is 7.02. The van der Waals surface area contributed by atoms with Gasteiger partial charge in [-0.15, -0.1) is 5.10 Å². The third kappa shape index (κ3) is 5.33. The van der Waals surface area contributed by atoms with Crippen molar-refractivity contribution in [3.63, 3.8) is 0 Å². The molecule has 3 aromatic rings. The smallest absolute Gasteiger partial charge is 0.361 e. The molecule has 1 aromatic heterocycles. The molecular formula is C27H29N5O7. The number of hydrogen-bond acceptors (Lipinski definition) is 10. The summed E-state index contributed by atoms with van der Waals surface area (Å²) >= 11 is 0. The molecule has 2 aromatic carbocycles. The zero-order valence-electron chi connectivity index (χ0n) is 21.9. The second kappa shape index (κ2) is 11.2. The van der Waals surface area contributed by atoms with Gasteiger partial charge in [0, 0.05) is 18.8 Å². The monoisotopic (exact) mass is 535 g/mol. The van der Waals surface area contributed by atoms with Crippen LogP contribution in [-0.4, -0.2) is 71.7 Å². The van der Waals surface area contributed by atoms with E-state index in [1.54, 1.807) is 7.11 Å². The molecule has 0 radical (unpaired) electrons. The molecule has 0 spiro atoms. The number of nitrogens with zero attached hydrogens (tertiary/aromatic N) is 4. The summed E-state index contributed by atoms with van der Waals surface area (Å²) in [5, 5.41) is 11.0. The molecule has 0 bridgehead atoms. The molecule has 0 unspecified atom stereocenters. The van der Waals surface area contributed by atoms with Gasteiger partial charge < -0.3 is 24.3 Å². The van der Waals surface area contributed by atoms with Crippen LogP contribution in [0.2, 0.25) is 0 Å². The van der Waals surface area contributed by atoms with Crippen molar-refractivity contribution in [1.29, 1.82) is 0 Å². The molecule has 12 nitrogen and oxygen atoms in total. The van der Waals surface area contributed by atoms with E-state index in [1.165, 1.54) is 18.9 Å². The number of aromatic nitrogens is 3. The van der Waals surface area contributed by atoms with Crippen molar-refractivity contribution in [2.75, 3.05) is 33.2 Å². The maximum Gasteiger partial charge on any atom is 0.361 e. The van der Waals surface area contributed by atoms with Crippen molar-refractivity contribution < 1.29 is 33.3 Å². The average Bonchev–Trinajstić information content (AvgIpc) is 3.70. The van der Waals surface area contributed by atoms with Gasteiger partial charge in [-0.3, -0.25) is 9.69 Å². The number of amides is 1. The zero-order chi connectivity index (χ0) is 27.5. The summed E-state index contributed by atoms with van der Waals surface area (Å²) < 4.78 is 21.8. The van der Waals surface area contributed by atoms with E-state index in [-0.39, 0.29) is 17.3 Å². The summed E-state index contributed by atoms with van der Waals surface area (Å²) in [7, 11) is 4.01. The van der Waals surface area contributed by atoms with Gasteiger partial charge in [0.25, 0.3) is 0 Å². The minimum Gasteiger partial charge on any atom is -0.497 e. The van der Waals surface area contributed by atoms with Gasteiger partial charge in [-0.05, 0) is 47.4 Å². The standard InChI is InChI=1S/C27H29N5O7/c1-36-21-8-4-16(5-9-21)12-31-13-20(32-24(27(35)38-3)23(29-30-32)26(34)37-2)11-22(31)25(33)28-19-7-6-17-14-39-15-18(17)10-19/h4-10,20,22H,11-15H2,1-3H3,(H,28,33)/t20-,22-/m0/s1. The Bertz CT molecular complexity index is 1390. The minimum absolute atomic E-state index is 0.113. The molecule has 12 heteroatoms. The van der Waals surface area contributed by atoms with E-state index >= 15 is 0 Å². The van der Waals surface area contributed by atoms with Crippen LogP contribution in [0.15, 0.2) is 42.5 Å². The molecule has 2 atom stereocenters. The fraction of sp³-hybridized carbons (Fsp3) is 0.370. The van der Waals surface area contributed by atoms with Crippen LogP contribution in [0.5, 0.6) is 5.75 Å². The Hall–Kier alpha value is -4.29. The molecule has 2 aliphatic heterocycles. The maximum atomic E-state index is 13.6. The van der Waals surface area contributed by atoms with Gasteiger partial charge in [0.2, 0.25) is 11.6 Å². The molecule has 0 saturated carbocycles. The predicted molar refractivity (Wildman–Crippen MR) is 137 cm³/mol. The molecule has 39 heavy (non-hydrogen) atoms. The largest absolute Gasteiger partial charge is 0.497 e. The number of carbonyl (C=O) groups is 3. The normalized spacial score (nSPS) is 18.4. The van der Waals surface area contributed by atoms with Crippen LogP contribution in [0.4, 0.5) is 5.69 Å². The number of benzene rings is 2. The lowest BCUT2D eigenvalue weighted by molar-refractivity contribution is -0.120. The summed E-state index contributed by atoms with van der Waals surface area (Å²) in [6.07, 6.45) is 0.323. The highest BCUT2D eigenvalue weighted by Crippen LogP contribution is 2.32. The first-order valence-corrected chi connectivity index (χ1v) is 12.4. The van der Waals surface area contributed by atoms with Crippen molar-refractivity contribution in [2.24, 2.45) is 0 Å². The lowest BCUT2D eigenvalue weighted by atomic mass is 10.1. The Morgan fingerprint density at radius 2 is 1.74 bits per heavy atom. The second-order valence-corrected chi connectivity index (χ2v) is 9.36. The van der Waals surface area contributed by atoms with Gasteiger partial charge in [0.1, 0.15) is 5.75 Å². The first-order valence-electron chi connectivity index (χ1n) is 12.4. The quantitative estimate of drug-likeness (QED) is 0.428. The van der Waals surface area contributed by atoms with Crippen molar-refractivity contribution in [1.82, 2.24) is 19.9 Å². The van der Waals surface area contributed by atoms with Crippen LogP contribution in [0.1, 0.15) is 50.1 Å². The zero-order valence-corrected chi connectivity index (χ0v) is 21.9. The average molecular weight is 536 g/mol. The molecule has 5 rings (SSSR count). The van der Waals surface area contributed by atoms with Crippen LogP contribution in [0.3, 0.4) is 0 Å². The van der Waals surface area contributed by atoms with Crippen LogP contribution < -0.4 is 10.1 Å². The number of hydrogen-bond donors (Lipinski definition) is 1.